The summed E-state index contributed by atoms with van der Waals surface area (Å²) in [6.07, 6.45) is 12.6. The van der Waals surface area contributed by atoms with Gasteiger partial charge in [0.05, 0.1) is 5.69 Å². The molecule has 2 bridgehead atoms. The summed E-state index contributed by atoms with van der Waals surface area (Å²) >= 11 is 0. The molecule has 2 fully saturated rings. The number of nitrogens with one attached hydrogen (secondary N) is 2. The van der Waals surface area contributed by atoms with Gasteiger partial charge in [-0.25, -0.2) is 9.97 Å². The highest BCUT2D eigenvalue weighted by atomic mass is 15.1. The number of nitrogens with zero attached hydrogens (tertiary/aromatic N) is 3. The lowest BCUT2D eigenvalue weighted by Crippen LogP contribution is -2.28. The molecule has 2 aliphatic carbocycles. The molecular weight excluding hydrogens is 286 g/mol. The highest BCUT2D eigenvalue weighted by molar-refractivity contribution is 5.61. The maximum Gasteiger partial charge on any atom is 0.223 e. The van der Waals surface area contributed by atoms with Crippen LogP contribution < -0.4 is 16.0 Å². The fourth-order valence-electron chi connectivity index (χ4n) is 4.52. The van der Waals surface area contributed by atoms with E-state index < -0.39 is 0 Å². The summed E-state index contributed by atoms with van der Waals surface area (Å²) in [5.74, 6) is 2.51. The third-order valence-electron chi connectivity index (χ3n) is 5.63. The Morgan fingerprint density at radius 1 is 1.22 bits per heavy atom. The van der Waals surface area contributed by atoms with Crippen LogP contribution in [0.3, 0.4) is 0 Å². The Kier molecular flexibility index (Phi) is 2.99. The summed E-state index contributed by atoms with van der Waals surface area (Å²) in [6.45, 7) is 0.869. The Morgan fingerprint density at radius 3 is 3.09 bits per heavy atom. The van der Waals surface area contributed by atoms with E-state index >= 15 is 0 Å². The van der Waals surface area contributed by atoms with Crippen molar-refractivity contribution in [2.24, 2.45) is 16.8 Å². The zero-order chi connectivity index (χ0) is 15.2. The predicted octanol–water partition coefficient (Wildman–Crippen LogP) is 1.88. The van der Waals surface area contributed by atoms with E-state index in [1.165, 1.54) is 30.9 Å². The van der Waals surface area contributed by atoms with Crippen LogP contribution in [0.2, 0.25) is 0 Å². The van der Waals surface area contributed by atoms with Gasteiger partial charge in [0.1, 0.15) is 5.49 Å². The summed E-state index contributed by atoms with van der Waals surface area (Å²) < 4.78 is 0. The van der Waals surface area contributed by atoms with Crippen LogP contribution in [0, 0.1) is 11.8 Å². The van der Waals surface area contributed by atoms with Crippen molar-refractivity contribution in [2.45, 2.75) is 38.1 Å². The SMILES string of the molecule is C1=c2c(-c3ccnc(N[C@@H]4CC5CCC4C5)n3)c[nH]c2=NCC1. The second kappa shape index (κ2) is 5.18. The van der Waals surface area contributed by atoms with Crippen molar-refractivity contribution in [1.82, 2.24) is 15.0 Å². The van der Waals surface area contributed by atoms with Gasteiger partial charge in [-0.3, -0.25) is 4.99 Å². The van der Waals surface area contributed by atoms with Crippen LogP contribution in [0.25, 0.3) is 17.3 Å². The quantitative estimate of drug-likeness (QED) is 0.910. The van der Waals surface area contributed by atoms with Gasteiger partial charge in [0.15, 0.2) is 0 Å². The molecular formula is C18H21N5. The average Bonchev–Trinajstić information content (AvgIpc) is 3.30. The van der Waals surface area contributed by atoms with Crippen molar-refractivity contribution in [2.75, 3.05) is 11.9 Å². The molecule has 0 radical (unpaired) electrons. The molecule has 0 aromatic carbocycles. The topological polar surface area (TPSA) is 66.0 Å². The van der Waals surface area contributed by atoms with Crippen molar-refractivity contribution < 1.29 is 0 Å². The Bertz CT molecular complexity index is 853. The first-order valence-corrected chi connectivity index (χ1v) is 8.69. The van der Waals surface area contributed by atoms with E-state index in [1.807, 2.05) is 18.5 Å². The van der Waals surface area contributed by atoms with E-state index in [9.17, 15) is 0 Å². The number of fused-ring (bicyclic) bond motifs is 3. The molecule has 2 aromatic rings. The van der Waals surface area contributed by atoms with Crippen LogP contribution in [0.1, 0.15) is 32.1 Å². The summed E-state index contributed by atoms with van der Waals surface area (Å²) in [5.41, 5.74) is 3.07. The maximum absolute atomic E-state index is 4.77. The lowest BCUT2D eigenvalue weighted by atomic mass is 9.95. The van der Waals surface area contributed by atoms with E-state index in [-0.39, 0.29) is 0 Å². The van der Waals surface area contributed by atoms with E-state index in [2.05, 4.69) is 26.4 Å². The monoisotopic (exact) mass is 307 g/mol. The van der Waals surface area contributed by atoms with E-state index in [1.54, 1.807) is 0 Å². The number of rotatable bonds is 3. The number of hydrogen-bond acceptors (Lipinski definition) is 4. The average molecular weight is 307 g/mol. The van der Waals surface area contributed by atoms with Gasteiger partial charge in [-0.2, -0.15) is 0 Å². The molecule has 1 aliphatic heterocycles. The molecule has 2 N–H and O–H groups in total. The Hall–Kier alpha value is -2.17. The molecule has 3 aliphatic rings. The smallest absolute Gasteiger partial charge is 0.223 e. The molecule has 3 atom stereocenters. The molecule has 2 saturated carbocycles. The van der Waals surface area contributed by atoms with Gasteiger partial charge < -0.3 is 10.3 Å². The van der Waals surface area contributed by atoms with Crippen LogP contribution in [0.5, 0.6) is 0 Å². The lowest BCUT2D eigenvalue weighted by Gasteiger charge is -2.22. The van der Waals surface area contributed by atoms with Gasteiger partial charge in [-0.1, -0.05) is 12.5 Å². The molecule has 118 valence electrons. The number of hydrogen-bond donors (Lipinski definition) is 2. The third kappa shape index (κ3) is 2.26. The summed E-state index contributed by atoms with van der Waals surface area (Å²) in [4.78, 5) is 17.0. The Balaban J connectivity index is 1.46. The Labute approximate surface area is 135 Å². The first-order valence-electron chi connectivity index (χ1n) is 8.69. The van der Waals surface area contributed by atoms with Gasteiger partial charge in [-0.15, -0.1) is 0 Å². The van der Waals surface area contributed by atoms with E-state index in [0.29, 0.717) is 6.04 Å². The van der Waals surface area contributed by atoms with Gasteiger partial charge >= 0.3 is 0 Å². The van der Waals surface area contributed by atoms with Crippen LogP contribution in [0.4, 0.5) is 5.95 Å². The van der Waals surface area contributed by atoms with Crippen molar-refractivity contribution in [3.8, 4) is 11.3 Å². The fourth-order valence-corrected chi connectivity index (χ4v) is 4.52. The molecule has 5 rings (SSSR count). The van der Waals surface area contributed by atoms with Crippen molar-refractivity contribution in [3.05, 3.63) is 29.2 Å². The van der Waals surface area contributed by atoms with Crippen molar-refractivity contribution in [3.63, 3.8) is 0 Å². The van der Waals surface area contributed by atoms with Gasteiger partial charge in [0.25, 0.3) is 0 Å². The lowest BCUT2D eigenvalue weighted by molar-refractivity contribution is 0.438. The second-order valence-corrected chi connectivity index (χ2v) is 7.03. The van der Waals surface area contributed by atoms with Crippen LogP contribution in [0.15, 0.2) is 23.5 Å². The predicted molar refractivity (Wildman–Crippen MR) is 89.4 cm³/mol. The van der Waals surface area contributed by atoms with Crippen LogP contribution >= 0.6 is 0 Å². The zero-order valence-corrected chi connectivity index (χ0v) is 13.1. The van der Waals surface area contributed by atoms with Crippen LogP contribution in [-0.2, 0) is 0 Å². The molecule has 3 heterocycles. The molecule has 5 nitrogen and oxygen atoms in total. The standard InChI is InChI=1S/C18H21N5/c1-2-13-14(10-21-17(13)19-6-1)15-5-7-20-18(22-15)23-16-9-11-3-4-12(16)8-11/h2,5,7,10-12,16H,1,3-4,6,8-9H2,(H,19,21)(H,20,22,23)/t11?,12?,16-/m1/s1. The maximum atomic E-state index is 4.77. The number of aromatic nitrogens is 3. The van der Waals surface area contributed by atoms with Gasteiger partial charge in [-0.05, 0) is 43.6 Å². The van der Waals surface area contributed by atoms with Crippen molar-refractivity contribution >= 4 is 12.0 Å². The highest BCUT2D eigenvalue weighted by Crippen LogP contribution is 2.45. The van der Waals surface area contributed by atoms with Crippen molar-refractivity contribution in [1.29, 1.82) is 0 Å². The molecule has 0 spiro atoms. The van der Waals surface area contributed by atoms with Gasteiger partial charge in [0, 0.05) is 35.8 Å². The molecule has 5 heteroatoms. The Morgan fingerprint density at radius 2 is 2.22 bits per heavy atom. The molecule has 23 heavy (non-hydrogen) atoms. The minimum atomic E-state index is 0.561. The molecule has 0 saturated heterocycles. The minimum absolute atomic E-state index is 0.561. The normalized spacial score (nSPS) is 28.1. The number of H-pyrrole nitrogens is 1. The summed E-state index contributed by atoms with van der Waals surface area (Å²) in [6, 6.07) is 2.54. The summed E-state index contributed by atoms with van der Waals surface area (Å²) in [7, 11) is 0. The molecule has 0 amide bonds. The summed E-state index contributed by atoms with van der Waals surface area (Å²) in [5, 5.41) is 4.77. The minimum Gasteiger partial charge on any atom is -0.351 e. The zero-order valence-electron chi connectivity index (χ0n) is 13.1. The first-order chi connectivity index (χ1) is 11.4. The highest BCUT2D eigenvalue weighted by Gasteiger charge is 2.39. The van der Waals surface area contributed by atoms with Crippen LogP contribution in [-0.4, -0.2) is 27.5 Å². The largest absolute Gasteiger partial charge is 0.351 e. The second-order valence-electron chi connectivity index (χ2n) is 7.03. The number of anilines is 1. The molecule has 2 aromatic heterocycles. The molecule has 2 unspecified atom stereocenters. The first kappa shape index (κ1) is 13.3. The van der Waals surface area contributed by atoms with E-state index in [4.69, 9.17) is 4.98 Å². The van der Waals surface area contributed by atoms with E-state index in [0.717, 1.165) is 47.5 Å². The van der Waals surface area contributed by atoms with Gasteiger partial charge in [0.2, 0.25) is 5.95 Å². The fraction of sp³-hybridized carbons (Fsp3) is 0.500. The number of aromatic amines is 1. The third-order valence-corrected chi connectivity index (χ3v) is 5.63.